The predicted molar refractivity (Wildman–Crippen MR) is 128 cm³/mol. The molecular weight excluding hydrogens is 450 g/mol. The largest absolute Gasteiger partial charge is 0.494 e. The van der Waals surface area contributed by atoms with E-state index < -0.39 is 28.9 Å². The Balaban J connectivity index is 1.50. The van der Waals surface area contributed by atoms with Gasteiger partial charge >= 0.3 is 0 Å². The van der Waals surface area contributed by atoms with Crippen LogP contribution in [0.15, 0.2) is 78.9 Å². The van der Waals surface area contributed by atoms with Crippen molar-refractivity contribution < 1.29 is 24.1 Å². The number of amides is 2. The first kappa shape index (κ1) is 22.5. The highest BCUT2D eigenvalue weighted by molar-refractivity contribution is 6.23. The van der Waals surface area contributed by atoms with E-state index in [1.165, 1.54) is 12.1 Å². The number of rotatable bonds is 7. The van der Waals surface area contributed by atoms with Crippen LogP contribution in [0.3, 0.4) is 0 Å². The number of carbonyl (C=O) groups is 2. The first-order chi connectivity index (χ1) is 17.0. The summed E-state index contributed by atoms with van der Waals surface area (Å²) in [6.07, 6.45) is -0.146. The Hall–Kier alpha value is -4.24. The van der Waals surface area contributed by atoms with Gasteiger partial charge in [0, 0.05) is 12.1 Å². The van der Waals surface area contributed by atoms with E-state index in [2.05, 4.69) is 0 Å². The molecule has 0 spiro atoms. The molecule has 5 rings (SSSR count). The molecule has 0 unspecified atom stereocenters. The molecule has 2 saturated heterocycles. The van der Waals surface area contributed by atoms with Crippen LogP contribution in [0.25, 0.3) is 0 Å². The molecule has 35 heavy (non-hydrogen) atoms. The summed E-state index contributed by atoms with van der Waals surface area (Å²) in [5.74, 6) is -0.998. The summed E-state index contributed by atoms with van der Waals surface area (Å²) in [5, 5.41) is 12.7. The van der Waals surface area contributed by atoms with Gasteiger partial charge in [0.1, 0.15) is 11.7 Å². The zero-order valence-corrected chi connectivity index (χ0v) is 18.9. The Bertz CT molecular complexity index is 1250. The summed E-state index contributed by atoms with van der Waals surface area (Å²) in [6, 6.07) is 21.3. The van der Waals surface area contributed by atoms with Crippen molar-refractivity contribution in [1.29, 1.82) is 0 Å². The fraction of sp³-hybridized carbons (Fsp3) is 0.231. The second-order valence-electron chi connectivity index (χ2n) is 8.36. The van der Waals surface area contributed by atoms with E-state index in [-0.39, 0.29) is 11.6 Å². The summed E-state index contributed by atoms with van der Waals surface area (Å²) in [5.41, 5.74) is 1.69. The van der Waals surface area contributed by atoms with E-state index in [1.807, 2.05) is 37.3 Å². The Morgan fingerprint density at radius 2 is 1.60 bits per heavy atom. The van der Waals surface area contributed by atoms with Crippen LogP contribution in [0.4, 0.5) is 17.1 Å². The number of carbonyl (C=O) groups excluding carboxylic acids is 2. The monoisotopic (exact) mass is 473 g/mol. The normalized spacial score (nSPS) is 21.3. The quantitative estimate of drug-likeness (QED) is 0.284. The fourth-order valence-corrected chi connectivity index (χ4v) is 4.51. The zero-order chi connectivity index (χ0) is 24.5. The van der Waals surface area contributed by atoms with Crippen LogP contribution in [0.1, 0.15) is 24.9 Å². The Kier molecular flexibility index (Phi) is 5.92. The number of hydrogen-bond donors (Lipinski definition) is 0. The van der Waals surface area contributed by atoms with Gasteiger partial charge < -0.3 is 4.74 Å². The van der Waals surface area contributed by atoms with Crippen LogP contribution in [0.5, 0.6) is 5.75 Å². The van der Waals surface area contributed by atoms with Crippen molar-refractivity contribution in [3.05, 3.63) is 94.5 Å². The number of hydrogen-bond acceptors (Lipinski definition) is 7. The molecule has 178 valence electrons. The number of nitro benzene ring substituents is 1. The van der Waals surface area contributed by atoms with Crippen LogP contribution >= 0.6 is 0 Å². The van der Waals surface area contributed by atoms with E-state index in [1.54, 1.807) is 41.5 Å². The summed E-state index contributed by atoms with van der Waals surface area (Å²) in [4.78, 5) is 44.9. The SMILES string of the molecule is CCCOc1ccc(N2C(=O)[C@@H]3[C@H](ON(c4ccccc4)[C@@H]3c3ccc([N+](=O)[O-])cc3)C2=O)cc1. The molecule has 3 atom stereocenters. The minimum atomic E-state index is -1.01. The van der Waals surface area contributed by atoms with Gasteiger partial charge in [-0.1, -0.05) is 37.3 Å². The molecule has 2 amide bonds. The molecule has 3 aromatic carbocycles. The number of benzene rings is 3. The van der Waals surface area contributed by atoms with Crippen LogP contribution in [0, 0.1) is 16.0 Å². The number of ether oxygens (including phenoxy) is 1. The molecule has 0 aliphatic carbocycles. The molecule has 2 aliphatic heterocycles. The van der Waals surface area contributed by atoms with Gasteiger partial charge in [0.05, 0.1) is 28.9 Å². The summed E-state index contributed by atoms with van der Waals surface area (Å²) < 4.78 is 5.60. The maximum Gasteiger partial charge on any atom is 0.269 e. The van der Waals surface area contributed by atoms with Crippen molar-refractivity contribution >= 4 is 28.9 Å². The highest BCUT2D eigenvalue weighted by atomic mass is 16.7. The molecule has 2 fully saturated rings. The molecule has 2 aliphatic rings. The number of hydroxylamine groups is 1. The average molecular weight is 473 g/mol. The number of para-hydroxylation sites is 1. The molecule has 0 saturated carbocycles. The average Bonchev–Trinajstić information content (AvgIpc) is 3.39. The van der Waals surface area contributed by atoms with Gasteiger partial charge in [-0.2, -0.15) is 0 Å². The molecule has 0 aromatic heterocycles. The number of anilines is 2. The highest BCUT2D eigenvalue weighted by Gasteiger charge is 2.60. The number of fused-ring (bicyclic) bond motifs is 1. The fourth-order valence-electron chi connectivity index (χ4n) is 4.51. The van der Waals surface area contributed by atoms with E-state index >= 15 is 0 Å². The Morgan fingerprint density at radius 3 is 2.23 bits per heavy atom. The summed E-state index contributed by atoms with van der Waals surface area (Å²) in [7, 11) is 0. The van der Waals surface area contributed by atoms with Gasteiger partial charge in [-0.05, 0) is 48.4 Å². The van der Waals surface area contributed by atoms with E-state index in [4.69, 9.17) is 9.57 Å². The van der Waals surface area contributed by atoms with Gasteiger partial charge in [0.25, 0.3) is 11.6 Å². The van der Waals surface area contributed by atoms with Gasteiger partial charge in [0.15, 0.2) is 6.10 Å². The molecule has 9 heteroatoms. The third-order valence-corrected chi connectivity index (χ3v) is 6.14. The number of nitrogens with zero attached hydrogens (tertiary/aromatic N) is 3. The van der Waals surface area contributed by atoms with Gasteiger partial charge in [-0.25, -0.2) is 9.96 Å². The first-order valence-corrected chi connectivity index (χ1v) is 11.4. The molecular formula is C26H23N3O6. The van der Waals surface area contributed by atoms with Gasteiger partial charge in [0.2, 0.25) is 5.91 Å². The van der Waals surface area contributed by atoms with E-state index in [0.717, 1.165) is 11.3 Å². The molecule has 0 N–H and O–H groups in total. The second-order valence-corrected chi connectivity index (χ2v) is 8.36. The minimum Gasteiger partial charge on any atom is -0.494 e. The van der Waals surface area contributed by atoms with E-state index in [9.17, 15) is 19.7 Å². The molecule has 3 aromatic rings. The zero-order valence-electron chi connectivity index (χ0n) is 18.9. The lowest BCUT2D eigenvalue weighted by molar-refractivity contribution is -0.384. The highest BCUT2D eigenvalue weighted by Crippen LogP contribution is 2.47. The van der Waals surface area contributed by atoms with Gasteiger partial charge in [-0.15, -0.1) is 0 Å². The van der Waals surface area contributed by atoms with E-state index in [0.29, 0.717) is 29.3 Å². The second kappa shape index (κ2) is 9.19. The third kappa shape index (κ3) is 4.00. The standard InChI is InChI=1S/C26H23N3O6/c1-2-16-34-21-14-12-18(13-15-21)27-25(30)22-23(17-8-10-20(11-9-17)29(32)33)28(35-24(22)26(27)31)19-6-4-3-5-7-19/h3-15,22-24H,2,16H2,1H3/t22-,23+,24-/m0/s1. The maximum atomic E-state index is 13.6. The molecule has 0 bridgehead atoms. The number of non-ortho nitro benzene ring substituents is 1. The Morgan fingerprint density at radius 1 is 0.914 bits per heavy atom. The Labute approximate surface area is 201 Å². The number of imide groups is 1. The number of nitro groups is 1. The first-order valence-electron chi connectivity index (χ1n) is 11.4. The van der Waals surface area contributed by atoms with Crippen molar-refractivity contribution in [3.63, 3.8) is 0 Å². The topological polar surface area (TPSA) is 102 Å². The third-order valence-electron chi connectivity index (χ3n) is 6.14. The molecule has 2 heterocycles. The smallest absolute Gasteiger partial charge is 0.269 e. The van der Waals surface area contributed by atoms with Crippen molar-refractivity contribution in [2.24, 2.45) is 5.92 Å². The van der Waals surface area contributed by atoms with Crippen LogP contribution in [-0.4, -0.2) is 29.4 Å². The maximum absolute atomic E-state index is 13.6. The molecule has 9 nitrogen and oxygen atoms in total. The van der Waals surface area contributed by atoms with Crippen molar-refractivity contribution in [2.75, 3.05) is 16.6 Å². The van der Waals surface area contributed by atoms with Gasteiger partial charge in [-0.3, -0.25) is 24.5 Å². The lowest BCUT2D eigenvalue weighted by Gasteiger charge is -2.28. The lowest BCUT2D eigenvalue weighted by Crippen LogP contribution is -2.37. The van der Waals surface area contributed by atoms with Crippen LogP contribution in [-0.2, 0) is 14.4 Å². The lowest BCUT2D eigenvalue weighted by atomic mass is 9.90. The van der Waals surface area contributed by atoms with Crippen LogP contribution < -0.4 is 14.7 Å². The van der Waals surface area contributed by atoms with Crippen LogP contribution in [0.2, 0.25) is 0 Å². The predicted octanol–water partition coefficient (Wildman–Crippen LogP) is 4.43. The summed E-state index contributed by atoms with van der Waals surface area (Å²) >= 11 is 0. The van der Waals surface area contributed by atoms with Crippen molar-refractivity contribution in [2.45, 2.75) is 25.5 Å². The van der Waals surface area contributed by atoms with Crippen molar-refractivity contribution in [1.82, 2.24) is 0 Å². The minimum absolute atomic E-state index is 0.0590. The molecule has 0 radical (unpaired) electrons. The van der Waals surface area contributed by atoms with Crippen molar-refractivity contribution in [3.8, 4) is 5.75 Å². The summed E-state index contributed by atoms with van der Waals surface area (Å²) in [6.45, 7) is 2.58.